The van der Waals surface area contributed by atoms with Crippen LogP contribution in [-0.4, -0.2) is 33.3 Å². The summed E-state index contributed by atoms with van der Waals surface area (Å²) in [5, 5.41) is 10.8. The molecular weight excluding hydrogens is 282 g/mol. The summed E-state index contributed by atoms with van der Waals surface area (Å²) in [5.74, 6) is -0.277. The Morgan fingerprint density at radius 2 is 2.25 bits per heavy atom. The minimum Gasteiger partial charge on any atom is -0.336 e. The summed E-state index contributed by atoms with van der Waals surface area (Å²) in [4.78, 5) is 28.2. The molecule has 1 aliphatic heterocycles. The molecule has 20 heavy (non-hydrogen) atoms. The molecule has 108 valence electrons. The summed E-state index contributed by atoms with van der Waals surface area (Å²) in [5.41, 5.74) is -0.116. The first-order valence-electron chi connectivity index (χ1n) is 6.61. The number of nitro groups is 1. The number of rotatable bonds is 2. The van der Waals surface area contributed by atoms with Crippen LogP contribution in [-0.2, 0) is 0 Å². The van der Waals surface area contributed by atoms with Crippen LogP contribution in [0.1, 0.15) is 43.0 Å². The van der Waals surface area contributed by atoms with E-state index in [0.29, 0.717) is 6.54 Å². The van der Waals surface area contributed by atoms with Crippen LogP contribution in [0.15, 0.2) is 12.3 Å². The summed E-state index contributed by atoms with van der Waals surface area (Å²) < 4.78 is 0. The lowest BCUT2D eigenvalue weighted by Gasteiger charge is -2.27. The fourth-order valence-electron chi connectivity index (χ4n) is 2.42. The van der Waals surface area contributed by atoms with E-state index in [-0.39, 0.29) is 28.4 Å². The van der Waals surface area contributed by atoms with E-state index < -0.39 is 4.92 Å². The molecule has 1 aromatic heterocycles. The number of amides is 1. The van der Waals surface area contributed by atoms with E-state index in [4.69, 9.17) is 11.6 Å². The molecule has 1 atom stereocenters. The van der Waals surface area contributed by atoms with Gasteiger partial charge in [0.25, 0.3) is 11.6 Å². The van der Waals surface area contributed by atoms with E-state index in [1.54, 1.807) is 4.90 Å². The third-order valence-electron chi connectivity index (χ3n) is 3.58. The van der Waals surface area contributed by atoms with Gasteiger partial charge in [-0.3, -0.25) is 14.9 Å². The van der Waals surface area contributed by atoms with Gasteiger partial charge in [-0.2, -0.15) is 0 Å². The first-order chi connectivity index (χ1) is 9.50. The van der Waals surface area contributed by atoms with Crippen LogP contribution >= 0.6 is 11.6 Å². The number of likely N-dealkylation sites (tertiary alicyclic amines) is 1. The Kier molecular flexibility index (Phi) is 4.54. The third-order valence-corrected chi connectivity index (χ3v) is 3.88. The molecule has 2 heterocycles. The summed E-state index contributed by atoms with van der Waals surface area (Å²) in [6, 6.07) is 1.32. The molecule has 1 saturated heterocycles. The van der Waals surface area contributed by atoms with E-state index in [9.17, 15) is 14.9 Å². The SMILES string of the molecule is CC1CCCCCN1C(=O)c1cc([N+](=O)[O-])cnc1Cl. The largest absolute Gasteiger partial charge is 0.336 e. The summed E-state index contributed by atoms with van der Waals surface area (Å²) in [6.07, 6.45) is 5.12. The highest BCUT2D eigenvalue weighted by molar-refractivity contribution is 6.32. The van der Waals surface area contributed by atoms with Gasteiger partial charge in [0.15, 0.2) is 0 Å². The second kappa shape index (κ2) is 6.17. The number of carbonyl (C=O) groups is 1. The number of halogens is 1. The Labute approximate surface area is 121 Å². The van der Waals surface area contributed by atoms with E-state index in [1.165, 1.54) is 6.07 Å². The van der Waals surface area contributed by atoms with Crippen LogP contribution in [0.25, 0.3) is 0 Å². The van der Waals surface area contributed by atoms with Crippen molar-refractivity contribution in [1.29, 1.82) is 0 Å². The fourth-order valence-corrected chi connectivity index (χ4v) is 2.60. The molecule has 0 spiro atoms. The van der Waals surface area contributed by atoms with Crippen molar-refractivity contribution in [2.24, 2.45) is 0 Å². The van der Waals surface area contributed by atoms with Crippen LogP contribution in [0, 0.1) is 10.1 Å². The van der Waals surface area contributed by atoms with Gasteiger partial charge in [-0.05, 0) is 19.8 Å². The fraction of sp³-hybridized carbons (Fsp3) is 0.538. The molecule has 0 saturated carbocycles. The number of hydrogen-bond acceptors (Lipinski definition) is 4. The zero-order chi connectivity index (χ0) is 14.7. The van der Waals surface area contributed by atoms with Gasteiger partial charge < -0.3 is 4.90 Å². The molecule has 0 aliphatic carbocycles. The molecule has 1 amide bonds. The highest BCUT2D eigenvalue weighted by Crippen LogP contribution is 2.24. The van der Waals surface area contributed by atoms with Crippen LogP contribution in [0.4, 0.5) is 5.69 Å². The minimum atomic E-state index is -0.577. The maximum atomic E-state index is 12.5. The standard InChI is InChI=1S/C13H16ClN3O3/c1-9-5-3-2-4-6-16(9)13(18)11-7-10(17(19)20)8-15-12(11)14/h7-9H,2-6H2,1H3. The maximum absolute atomic E-state index is 12.5. The number of carbonyl (C=O) groups excluding carboxylic acids is 1. The Bertz CT molecular complexity index is 536. The molecule has 6 nitrogen and oxygen atoms in total. The average Bonchev–Trinajstić information content (AvgIpc) is 2.63. The van der Waals surface area contributed by atoms with E-state index in [1.807, 2.05) is 6.92 Å². The van der Waals surface area contributed by atoms with Gasteiger partial charge >= 0.3 is 0 Å². The van der Waals surface area contributed by atoms with Crippen molar-refractivity contribution in [2.75, 3.05) is 6.54 Å². The smallest absolute Gasteiger partial charge is 0.288 e. The van der Waals surface area contributed by atoms with Gasteiger partial charge in [0, 0.05) is 18.7 Å². The molecular formula is C13H16ClN3O3. The van der Waals surface area contributed by atoms with Crippen molar-refractivity contribution in [1.82, 2.24) is 9.88 Å². The molecule has 1 fully saturated rings. The van der Waals surface area contributed by atoms with E-state index >= 15 is 0 Å². The lowest BCUT2D eigenvalue weighted by Crippen LogP contribution is -2.38. The number of pyridine rings is 1. The zero-order valence-electron chi connectivity index (χ0n) is 11.2. The predicted octanol–water partition coefficient (Wildman–Crippen LogP) is 3.05. The molecule has 1 aromatic rings. The second-order valence-electron chi connectivity index (χ2n) is 4.99. The summed E-state index contributed by atoms with van der Waals surface area (Å²) in [7, 11) is 0. The van der Waals surface area contributed by atoms with Crippen molar-refractivity contribution in [2.45, 2.75) is 38.6 Å². The van der Waals surface area contributed by atoms with Crippen LogP contribution in [0.2, 0.25) is 5.15 Å². The Morgan fingerprint density at radius 3 is 2.95 bits per heavy atom. The van der Waals surface area contributed by atoms with Crippen molar-refractivity contribution in [3.05, 3.63) is 33.1 Å². The van der Waals surface area contributed by atoms with Crippen molar-refractivity contribution in [3.8, 4) is 0 Å². The number of aromatic nitrogens is 1. The first kappa shape index (κ1) is 14.7. The monoisotopic (exact) mass is 297 g/mol. The lowest BCUT2D eigenvalue weighted by atomic mass is 10.1. The lowest BCUT2D eigenvalue weighted by molar-refractivity contribution is -0.385. The topological polar surface area (TPSA) is 76.3 Å². The quantitative estimate of drug-likeness (QED) is 0.477. The summed E-state index contributed by atoms with van der Waals surface area (Å²) >= 11 is 5.92. The molecule has 0 N–H and O–H groups in total. The predicted molar refractivity (Wildman–Crippen MR) is 74.9 cm³/mol. The highest BCUT2D eigenvalue weighted by Gasteiger charge is 2.26. The molecule has 0 aromatic carbocycles. The highest BCUT2D eigenvalue weighted by atomic mass is 35.5. The van der Waals surface area contributed by atoms with Crippen LogP contribution in [0.3, 0.4) is 0 Å². The average molecular weight is 298 g/mol. The van der Waals surface area contributed by atoms with E-state index in [2.05, 4.69) is 4.98 Å². The third kappa shape index (κ3) is 3.07. The van der Waals surface area contributed by atoms with Crippen LogP contribution in [0.5, 0.6) is 0 Å². The molecule has 2 rings (SSSR count). The van der Waals surface area contributed by atoms with Gasteiger partial charge in [0.1, 0.15) is 11.3 Å². The normalized spacial score (nSPS) is 19.5. The Hall–Kier alpha value is -1.69. The number of hydrogen-bond donors (Lipinski definition) is 0. The van der Waals surface area contributed by atoms with E-state index in [0.717, 1.165) is 31.9 Å². The Balaban J connectivity index is 2.31. The van der Waals surface area contributed by atoms with Crippen LogP contribution < -0.4 is 0 Å². The van der Waals surface area contributed by atoms with Gasteiger partial charge in [-0.25, -0.2) is 4.98 Å². The molecule has 7 heteroatoms. The molecule has 1 unspecified atom stereocenters. The van der Waals surface area contributed by atoms with Gasteiger partial charge in [0.05, 0.1) is 10.5 Å². The summed E-state index contributed by atoms with van der Waals surface area (Å²) in [6.45, 7) is 2.64. The van der Waals surface area contributed by atoms with Crippen molar-refractivity contribution in [3.63, 3.8) is 0 Å². The number of nitrogens with zero attached hydrogens (tertiary/aromatic N) is 3. The molecule has 0 bridgehead atoms. The minimum absolute atomic E-state index is 0.0112. The molecule has 0 radical (unpaired) electrons. The Morgan fingerprint density at radius 1 is 1.50 bits per heavy atom. The maximum Gasteiger partial charge on any atom is 0.288 e. The molecule has 1 aliphatic rings. The van der Waals surface area contributed by atoms with Gasteiger partial charge in [-0.15, -0.1) is 0 Å². The van der Waals surface area contributed by atoms with Crippen molar-refractivity contribution < 1.29 is 9.72 Å². The zero-order valence-corrected chi connectivity index (χ0v) is 12.0. The van der Waals surface area contributed by atoms with Gasteiger partial charge in [-0.1, -0.05) is 24.4 Å². The van der Waals surface area contributed by atoms with Crippen molar-refractivity contribution >= 4 is 23.2 Å². The van der Waals surface area contributed by atoms with Gasteiger partial charge in [0.2, 0.25) is 0 Å². The first-order valence-corrected chi connectivity index (χ1v) is 6.99. The second-order valence-corrected chi connectivity index (χ2v) is 5.34.